The van der Waals surface area contributed by atoms with Crippen molar-refractivity contribution in [1.29, 1.82) is 0 Å². The summed E-state index contributed by atoms with van der Waals surface area (Å²) in [6, 6.07) is 10.9. The van der Waals surface area contributed by atoms with Gasteiger partial charge in [-0.1, -0.05) is 12.1 Å². The molecule has 146 valence electrons. The Hall–Kier alpha value is -3.05. The average Bonchev–Trinajstić information content (AvgIpc) is 3.14. The van der Waals surface area contributed by atoms with Gasteiger partial charge in [-0.2, -0.15) is 8.78 Å². The molecule has 3 rings (SSSR count). The predicted octanol–water partition coefficient (Wildman–Crippen LogP) is 3.80. The maximum atomic E-state index is 12.5. The van der Waals surface area contributed by atoms with Gasteiger partial charge in [0.2, 0.25) is 0 Å². The summed E-state index contributed by atoms with van der Waals surface area (Å²) in [7, 11) is -3.82. The van der Waals surface area contributed by atoms with E-state index in [9.17, 15) is 22.0 Å². The Kier molecular flexibility index (Phi) is 5.85. The van der Waals surface area contributed by atoms with Crippen LogP contribution < -0.4 is 14.8 Å². The number of carbonyl (C=O) groups excluding carboxylic acids is 1. The largest absolute Gasteiger partial charge is 0.434 e. The summed E-state index contributed by atoms with van der Waals surface area (Å²) in [5.74, 6) is -0.936. The van der Waals surface area contributed by atoms with Gasteiger partial charge < -0.3 is 10.1 Å². The Labute approximate surface area is 163 Å². The van der Waals surface area contributed by atoms with Crippen LogP contribution in [0.1, 0.15) is 10.4 Å². The summed E-state index contributed by atoms with van der Waals surface area (Å²) in [5.41, 5.74) is 0.204. The fourth-order valence-corrected chi connectivity index (χ4v) is 4.01. The number of hydrogen-bond donors (Lipinski definition) is 2. The van der Waals surface area contributed by atoms with Gasteiger partial charge in [0, 0.05) is 17.3 Å². The van der Waals surface area contributed by atoms with Crippen molar-refractivity contribution >= 4 is 38.1 Å². The number of thiazole rings is 1. The van der Waals surface area contributed by atoms with Gasteiger partial charge >= 0.3 is 6.61 Å². The molecule has 0 saturated heterocycles. The monoisotopic (exact) mass is 425 g/mol. The lowest BCUT2D eigenvalue weighted by Crippen LogP contribution is -2.15. The topological polar surface area (TPSA) is 97.4 Å². The first kappa shape index (κ1) is 19.7. The third-order valence-corrected chi connectivity index (χ3v) is 5.60. The van der Waals surface area contributed by atoms with Crippen molar-refractivity contribution in [3.05, 3.63) is 65.7 Å². The number of nitrogens with one attached hydrogen (secondary N) is 2. The van der Waals surface area contributed by atoms with Crippen molar-refractivity contribution in [2.75, 3.05) is 10.0 Å². The lowest BCUT2D eigenvalue weighted by molar-refractivity contribution is -0.0501. The second-order valence-electron chi connectivity index (χ2n) is 5.30. The van der Waals surface area contributed by atoms with Crippen molar-refractivity contribution in [1.82, 2.24) is 4.98 Å². The third kappa shape index (κ3) is 4.81. The van der Waals surface area contributed by atoms with Gasteiger partial charge in [-0.05, 0) is 36.4 Å². The molecule has 0 aliphatic heterocycles. The van der Waals surface area contributed by atoms with E-state index in [4.69, 9.17) is 0 Å². The molecule has 0 fully saturated rings. The van der Waals surface area contributed by atoms with Gasteiger partial charge in [-0.15, -0.1) is 11.3 Å². The molecule has 1 aromatic heterocycles. The van der Waals surface area contributed by atoms with Crippen LogP contribution in [-0.2, 0) is 10.0 Å². The molecular weight excluding hydrogens is 412 g/mol. The SMILES string of the molecule is O=C(Nc1ccc(S(=O)(=O)Nc2nccs2)cc1)c1ccccc1OC(F)F. The molecule has 2 aromatic carbocycles. The number of para-hydroxylation sites is 1. The second kappa shape index (κ2) is 8.31. The number of ether oxygens (including phenoxy) is 1. The van der Waals surface area contributed by atoms with Gasteiger partial charge in [0.15, 0.2) is 5.13 Å². The highest BCUT2D eigenvalue weighted by Crippen LogP contribution is 2.23. The maximum Gasteiger partial charge on any atom is 0.387 e. The van der Waals surface area contributed by atoms with Crippen molar-refractivity contribution in [2.24, 2.45) is 0 Å². The standard InChI is InChI=1S/C17H13F2N3O4S2/c18-16(19)26-14-4-2-1-3-13(14)15(23)21-11-5-7-12(8-6-11)28(24,25)22-17-20-9-10-27-17/h1-10,16H,(H,20,22)(H,21,23). The van der Waals surface area contributed by atoms with Crippen LogP contribution in [0.3, 0.4) is 0 Å². The Morgan fingerprint density at radius 3 is 2.46 bits per heavy atom. The average molecular weight is 425 g/mol. The number of nitrogens with zero attached hydrogens (tertiary/aromatic N) is 1. The first-order valence-electron chi connectivity index (χ1n) is 7.73. The van der Waals surface area contributed by atoms with Crippen LogP contribution in [-0.4, -0.2) is 25.9 Å². The summed E-state index contributed by atoms with van der Waals surface area (Å²) in [6.45, 7) is -3.07. The molecule has 0 saturated carbocycles. The minimum absolute atomic E-state index is 0.0258. The van der Waals surface area contributed by atoms with E-state index < -0.39 is 22.5 Å². The number of anilines is 2. The van der Waals surface area contributed by atoms with Crippen LogP contribution in [0.25, 0.3) is 0 Å². The van der Waals surface area contributed by atoms with Crippen molar-refractivity contribution in [3.63, 3.8) is 0 Å². The van der Waals surface area contributed by atoms with Crippen LogP contribution in [0.5, 0.6) is 5.75 Å². The van der Waals surface area contributed by atoms with Crippen LogP contribution in [0.2, 0.25) is 0 Å². The lowest BCUT2D eigenvalue weighted by Gasteiger charge is -2.11. The molecule has 3 aromatic rings. The molecular formula is C17H13F2N3O4S2. The smallest absolute Gasteiger partial charge is 0.387 e. The van der Waals surface area contributed by atoms with E-state index in [1.165, 1.54) is 54.7 Å². The minimum atomic E-state index is -3.82. The fraction of sp³-hybridized carbons (Fsp3) is 0.0588. The summed E-state index contributed by atoms with van der Waals surface area (Å²) in [4.78, 5) is 16.2. The van der Waals surface area contributed by atoms with Crippen molar-refractivity contribution in [2.45, 2.75) is 11.5 Å². The molecule has 0 radical (unpaired) electrons. The van der Waals surface area contributed by atoms with Crippen LogP contribution >= 0.6 is 11.3 Å². The summed E-state index contributed by atoms with van der Waals surface area (Å²) in [6.07, 6.45) is 1.47. The van der Waals surface area contributed by atoms with E-state index in [-0.39, 0.29) is 27.0 Å². The molecule has 11 heteroatoms. The number of benzene rings is 2. The number of carbonyl (C=O) groups is 1. The molecule has 7 nitrogen and oxygen atoms in total. The zero-order chi connectivity index (χ0) is 20.1. The Morgan fingerprint density at radius 1 is 1.11 bits per heavy atom. The number of alkyl halides is 2. The first-order valence-corrected chi connectivity index (χ1v) is 10.1. The van der Waals surface area contributed by atoms with E-state index in [1.54, 1.807) is 5.38 Å². The van der Waals surface area contributed by atoms with E-state index in [0.717, 1.165) is 11.3 Å². The van der Waals surface area contributed by atoms with Crippen molar-refractivity contribution in [3.8, 4) is 5.75 Å². The van der Waals surface area contributed by atoms with Crippen LogP contribution in [0.4, 0.5) is 19.6 Å². The molecule has 2 N–H and O–H groups in total. The highest BCUT2D eigenvalue weighted by Gasteiger charge is 2.17. The maximum absolute atomic E-state index is 12.5. The lowest BCUT2D eigenvalue weighted by atomic mass is 10.2. The zero-order valence-corrected chi connectivity index (χ0v) is 15.6. The third-order valence-electron chi connectivity index (χ3n) is 3.42. The molecule has 0 unspecified atom stereocenters. The molecule has 0 aliphatic carbocycles. The van der Waals surface area contributed by atoms with Gasteiger partial charge in [0.1, 0.15) is 5.75 Å². The van der Waals surface area contributed by atoms with E-state index in [1.807, 2.05) is 0 Å². The number of halogens is 2. The molecule has 28 heavy (non-hydrogen) atoms. The molecule has 1 heterocycles. The van der Waals surface area contributed by atoms with Gasteiger partial charge in [0.25, 0.3) is 15.9 Å². The molecule has 0 bridgehead atoms. The Morgan fingerprint density at radius 2 is 1.82 bits per heavy atom. The summed E-state index contributed by atoms with van der Waals surface area (Å²) in [5, 5.41) is 4.37. The fourth-order valence-electron chi connectivity index (χ4n) is 2.22. The van der Waals surface area contributed by atoms with Gasteiger partial charge in [-0.25, -0.2) is 13.4 Å². The second-order valence-corrected chi connectivity index (χ2v) is 7.87. The van der Waals surface area contributed by atoms with Crippen LogP contribution in [0.15, 0.2) is 65.0 Å². The van der Waals surface area contributed by atoms with E-state index in [0.29, 0.717) is 0 Å². The Balaban J connectivity index is 1.73. The number of amides is 1. The summed E-state index contributed by atoms with van der Waals surface area (Å²) >= 11 is 1.14. The number of aromatic nitrogens is 1. The molecule has 0 spiro atoms. The predicted molar refractivity (Wildman–Crippen MR) is 100 cm³/mol. The quantitative estimate of drug-likeness (QED) is 0.600. The van der Waals surface area contributed by atoms with E-state index >= 15 is 0 Å². The van der Waals surface area contributed by atoms with Gasteiger partial charge in [0.05, 0.1) is 10.5 Å². The highest BCUT2D eigenvalue weighted by molar-refractivity contribution is 7.93. The van der Waals surface area contributed by atoms with Gasteiger partial charge in [-0.3, -0.25) is 9.52 Å². The number of sulfonamides is 1. The Bertz CT molecular complexity index is 1060. The van der Waals surface area contributed by atoms with Crippen LogP contribution in [0, 0.1) is 0 Å². The molecule has 1 amide bonds. The number of rotatable bonds is 7. The summed E-state index contributed by atoms with van der Waals surface area (Å²) < 4.78 is 56.2. The molecule has 0 aliphatic rings. The zero-order valence-electron chi connectivity index (χ0n) is 14.0. The first-order chi connectivity index (χ1) is 13.3. The normalized spacial score (nSPS) is 11.2. The van der Waals surface area contributed by atoms with Crippen molar-refractivity contribution < 1.29 is 26.7 Å². The highest BCUT2D eigenvalue weighted by atomic mass is 32.2. The molecule has 0 atom stereocenters. The minimum Gasteiger partial charge on any atom is -0.434 e. The number of hydrogen-bond acceptors (Lipinski definition) is 6. The van der Waals surface area contributed by atoms with E-state index in [2.05, 4.69) is 19.8 Å².